The highest BCUT2D eigenvalue weighted by Gasteiger charge is 2.37. The topological polar surface area (TPSA) is 133 Å². The number of carboxylic acids is 1. The second-order valence-electron chi connectivity index (χ2n) is 9.48. The normalized spacial score (nSPS) is 14.8. The van der Waals surface area contributed by atoms with Gasteiger partial charge < -0.3 is 15.3 Å². The third-order valence-corrected chi connectivity index (χ3v) is 7.77. The van der Waals surface area contributed by atoms with E-state index in [0.717, 1.165) is 23.6 Å². The van der Waals surface area contributed by atoms with E-state index in [1.165, 1.54) is 0 Å². The molecule has 0 spiro atoms. The lowest BCUT2D eigenvalue weighted by Gasteiger charge is -2.36. The van der Waals surface area contributed by atoms with Crippen LogP contribution >= 0.6 is 11.3 Å². The summed E-state index contributed by atoms with van der Waals surface area (Å²) in [5.74, 6) is -1.94. The first-order chi connectivity index (χ1) is 18.7. The number of aliphatic carboxylic acids is 1. The summed E-state index contributed by atoms with van der Waals surface area (Å²) in [4.78, 5) is 43.0. The van der Waals surface area contributed by atoms with Gasteiger partial charge in [0.2, 0.25) is 5.95 Å². The summed E-state index contributed by atoms with van der Waals surface area (Å²) >= 11 is 1.15. The Morgan fingerprint density at radius 2 is 1.79 bits per heavy atom. The number of fused-ring (bicyclic) bond motifs is 1. The first-order valence-corrected chi connectivity index (χ1v) is 13.1. The molecule has 0 radical (unpaired) electrons. The van der Waals surface area contributed by atoms with Gasteiger partial charge in [-0.1, -0.05) is 11.3 Å². The number of nitrogens with one attached hydrogen (secondary N) is 2. The summed E-state index contributed by atoms with van der Waals surface area (Å²) in [7, 11) is 0. The number of benzene rings is 1. The van der Waals surface area contributed by atoms with Gasteiger partial charge in [-0.3, -0.25) is 15.1 Å². The van der Waals surface area contributed by atoms with Crippen LogP contribution in [0.15, 0.2) is 36.8 Å². The number of hydrogen-bond acceptors (Lipinski definition) is 8. The van der Waals surface area contributed by atoms with Gasteiger partial charge >= 0.3 is 12.0 Å². The van der Waals surface area contributed by atoms with Crippen LogP contribution in [0.2, 0.25) is 0 Å². The highest BCUT2D eigenvalue weighted by molar-refractivity contribution is 7.22. The second kappa shape index (κ2) is 10.5. The summed E-state index contributed by atoms with van der Waals surface area (Å²) in [6.07, 6.45) is 5.18. The SMILES string of the molecule is CCNC(=O)Nc1nc2cc(-c3cnc(N4CCC(C)(C(=O)O)CC4)nc3)cc(-c3ncc(F)cc3F)c2s1. The van der Waals surface area contributed by atoms with Crippen molar-refractivity contribution in [1.29, 1.82) is 0 Å². The second-order valence-corrected chi connectivity index (χ2v) is 10.5. The highest BCUT2D eigenvalue weighted by Crippen LogP contribution is 2.39. The fourth-order valence-corrected chi connectivity index (χ4v) is 5.35. The molecule has 1 aliphatic heterocycles. The fourth-order valence-electron chi connectivity index (χ4n) is 4.39. The maximum Gasteiger partial charge on any atom is 0.321 e. The lowest BCUT2D eigenvalue weighted by atomic mass is 9.80. The van der Waals surface area contributed by atoms with Crippen LogP contribution < -0.4 is 15.5 Å². The van der Waals surface area contributed by atoms with Crippen LogP contribution in [0.1, 0.15) is 26.7 Å². The monoisotopic (exact) mass is 553 g/mol. The van der Waals surface area contributed by atoms with Crippen molar-refractivity contribution in [2.45, 2.75) is 26.7 Å². The van der Waals surface area contributed by atoms with Crippen molar-refractivity contribution in [1.82, 2.24) is 25.3 Å². The number of amides is 2. The number of hydrogen-bond donors (Lipinski definition) is 3. The van der Waals surface area contributed by atoms with Gasteiger partial charge in [0, 0.05) is 49.2 Å². The van der Waals surface area contributed by atoms with Gasteiger partial charge in [-0.25, -0.2) is 28.5 Å². The van der Waals surface area contributed by atoms with Gasteiger partial charge in [-0.15, -0.1) is 0 Å². The molecule has 1 saturated heterocycles. The molecule has 13 heteroatoms. The molecule has 3 aromatic heterocycles. The molecule has 1 fully saturated rings. The number of nitrogens with zero attached hydrogens (tertiary/aromatic N) is 5. The van der Waals surface area contributed by atoms with Crippen LogP contribution in [-0.4, -0.2) is 56.7 Å². The number of carbonyl (C=O) groups is 2. The molecule has 0 unspecified atom stereocenters. The Bertz CT molecular complexity index is 1550. The Morgan fingerprint density at radius 3 is 2.44 bits per heavy atom. The molecule has 202 valence electrons. The molecule has 1 aromatic carbocycles. The van der Waals surface area contributed by atoms with E-state index < -0.39 is 29.0 Å². The molecule has 0 aliphatic carbocycles. The third kappa shape index (κ3) is 5.35. The summed E-state index contributed by atoms with van der Waals surface area (Å²) in [6.45, 7) is 5.01. The number of pyridine rings is 1. The van der Waals surface area contributed by atoms with Crippen molar-refractivity contribution in [3.63, 3.8) is 0 Å². The molecule has 39 heavy (non-hydrogen) atoms. The molecule has 4 aromatic rings. The molecule has 0 saturated carbocycles. The van der Waals surface area contributed by atoms with Gasteiger partial charge in [0.1, 0.15) is 11.5 Å². The van der Waals surface area contributed by atoms with Crippen LogP contribution in [0, 0.1) is 17.0 Å². The van der Waals surface area contributed by atoms with Crippen LogP contribution in [0.3, 0.4) is 0 Å². The van der Waals surface area contributed by atoms with E-state index in [9.17, 15) is 23.5 Å². The standard InChI is InChI=1S/C26H25F2N7O3S/c1-3-29-24(38)34-25-33-19-9-14(8-17(21(19)39-25)20-18(28)10-16(27)13-30-20)15-11-31-23(32-12-15)35-6-4-26(2,5-7-35)22(36)37/h8-13H,3-7H2,1-2H3,(H,36,37)(H2,29,33,34,38). The van der Waals surface area contributed by atoms with Crippen molar-refractivity contribution in [2.75, 3.05) is 29.9 Å². The lowest BCUT2D eigenvalue weighted by molar-refractivity contribution is -0.149. The van der Waals surface area contributed by atoms with Crippen LogP contribution in [0.25, 0.3) is 32.6 Å². The molecule has 0 bridgehead atoms. The van der Waals surface area contributed by atoms with E-state index in [1.54, 1.807) is 38.4 Å². The molecule has 2 amide bonds. The Balaban J connectivity index is 1.50. The molecule has 4 heterocycles. The molecular weight excluding hydrogens is 528 g/mol. The molecule has 10 nitrogen and oxygen atoms in total. The van der Waals surface area contributed by atoms with Gasteiger partial charge in [0.25, 0.3) is 0 Å². The Labute approximate surface area is 226 Å². The van der Waals surface area contributed by atoms with Gasteiger partial charge in [-0.05, 0) is 44.4 Å². The summed E-state index contributed by atoms with van der Waals surface area (Å²) in [5, 5.41) is 15.1. The van der Waals surface area contributed by atoms with Gasteiger partial charge in [-0.2, -0.15) is 0 Å². The van der Waals surface area contributed by atoms with Gasteiger partial charge in [0.15, 0.2) is 10.9 Å². The third-order valence-electron chi connectivity index (χ3n) is 6.75. The zero-order valence-electron chi connectivity index (χ0n) is 21.2. The summed E-state index contributed by atoms with van der Waals surface area (Å²) < 4.78 is 29.0. The van der Waals surface area contributed by atoms with Crippen LogP contribution in [0.5, 0.6) is 0 Å². The molecule has 3 N–H and O–H groups in total. The molecular formula is C26H25F2N7O3S. The number of thiazole rings is 1. The summed E-state index contributed by atoms with van der Waals surface area (Å²) in [5.41, 5.74) is 1.31. The minimum atomic E-state index is -0.829. The minimum absolute atomic E-state index is 0.0520. The van der Waals surface area contributed by atoms with Gasteiger partial charge in [0.05, 0.1) is 21.8 Å². The maximum atomic E-state index is 14.8. The average molecular weight is 554 g/mol. The van der Waals surface area contributed by atoms with Crippen LogP contribution in [-0.2, 0) is 4.79 Å². The van der Waals surface area contributed by atoms with Crippen molar-refractivity contribution in [3.8, 4) is 22.4 Å². The number of aromatic nitrogens is 4. The number of rotatable bonds is 6. The lowest BCUT2D eigenvalue weighted by Crippen LogP contribution is -2.43. The Morgan fingerprint density at radius 1 is 1.08 bits per heavy atom. The number of carboxylic acid groups (broad SMARTS) is 1. The fraction of sp³-hybridized carbons (Fsp3) is 0.308. The quantitative estimate of drug-likeness (QED) is 0.306. The highest BCUT2D eigenvalue weighted by atomic mass is 32.1. The maximum absolute atomic E-state index is 14.8. The van der Waals surface area contributed by atoms with Crippen molar-refractivity contribution < 1.29 is 23.5 Å². The average Bonchev–Trinajstić information content (AvgIpc) is 3.31. The van der Waals surface area contributed by atoms with E-state index >= 15 is 0 Å². The number of halogens is 2. The molecule has 0 atom stereocenters. The van der Waals surface area contributed by atoms with E-state index in [1.807, 2.05) is 4.90 Å². The Hall–Kier alpha value is -4.26. The molecule has 5 rings (SSSR count). The smallest absolute Gasteiger partial charge is 0.321 e. The summed E-state index contributed by atoms with van der Waals surface area (Å²) in [6, 6.07) is 3.82. The number of urea groups is 1. The van der Waals surface area contributed by atoms with E-state index in [0.29, 0.717) is 70.5 Å². The van der Waals surface area contributed by atoms with Crippen LogP contribution in [0.4, 0.5) is 24.7 Å². The number of anilines is 2. The predicted octanol–water partition coefficient (Wildman–Crippen LogP) is 4.93. The molecule has 1 aliphatic rings. The first kappa shape index (κ1) is 26.4. The van der Waals surface area contributed by atoms with E-state index in [-0.39, 0.29) is 5.69 Å². The first-order valence-electron chi connectivity index (χ1n) is 12.3. The van der Waals surface area contributed by atoms with E-state index in [4.69, 9.17) is 0 Å². The zero-order chi connectivity index (χ0) is 27.7. The van der Waals surface area contributed by atoms with Crippen molar-refractivity contribution >= 4 is 44.6 Å². The predicted molar refractivity (Wildman–Crippen MR) is 144 cm³/mol. The van der Waals surface area contributed by atoms with E-state index in [2.05, 4.69) is 30.6 Å². The zero-order valence-corrected chi connectivity index (χ0v) is 22.0. The number of carbonyl (C=O) groups excluding carboxylic acids is 1. The largest absolute Gasteiger partial charge is 0.481 e. The minimum Gasteiger partial charge on any atom is -0.481 e. The number of piperidine rings is 1. The Kier molecular flexibility index (Phi) is 7.08. The van der Waals surface area contributed by atoms with Crippen molar-refractivity contribution in [3.05, 3.63) is 48.4 Å². The van der Waals surface area contributed by atoms with Crippen molar-refractivity contribution in [2.24, 2.45) is 5.41 Å².